The summed E-state index contributed by atoms with van der Waals surface area (Å²) in [6.07, 6.45) is 13.2. The lowest BCUT2D eigenvalue weighted by atomic mass is 9.46. The molecular formula is C20H24O3. The maximum Gasteiger partial charge on any atom is 0.151 e. The zero-order valence-electron chi connectivity index (χ0n) is 13.6. The van der Waals surface area contributed by atoms with Crippen molar-refractivity contribution in [2.75, 3.05) is 0 Å². The monoisotopic (exact) mass is 312 g/mol. The van der Waals surface area contributed by atoms with Crippen molar-refractivity contribution >= 4 is 12.4 Å². The summed E-state index contributed by atoms with van der Waals surface area (Å²) in [6.45, 7) is 2.40. The molecule has 3 saturated carbocycles. The minimum Gasteiger partial charge on any atom is -0.465 e. The SMILES string of the molecule is C[C@@]12C=Cc3occc3[C@H]1CC[C@@]13C[C@@H](CC[C@H]12)[C@@](O)(C=O)C3. The van der Waals surface area contributed by atoms with Gasteiger partial charge in [-0.15, -0.1) is 0 Å². The van der Waals surface area contributed by atoms with Gasteiger partial charge < -0.3 is 14.3 Å². The molecule has 122 valence electrons. The lowest BCUT2D eigenvalue weighted by molar-refractivity contribution is -0.127. The number of allylic oxidation sites excluding steroid dienone is 1. The van der Waals surface area contributed by atoms with Crippen LogP contribution in [0.2, 0.25) is 0 Å². The molecule has 0 aromatic carbocycles. The number of carbonyl (C=O) groups is 1. The van der Waals surface area contributed by atoms with Crippen LogP contribution in [0.3, 0.4) is 0 Å². The largest absolute Gasteiger partial charge is 0.465 e. The average Bonchev–Trinajstić information content (AvgIpc) is 3.09. The molecule has 23 heavy (non-hydrogen) atoms. The van der Waals surface area contributed by atoms with Gasteiger partial charge in [-0.25, -0.2) is 0 Å². The van der Waals surface area contributed by atoms with Crippen molar-refractivity contribution in [2.45, 2.75) is 57.0 Å². The Hall–Kier alpha value is -1.35. The zero-order chi connectivity index (χ0) is 15.9. The fraction of sp³-hybridized carbons (Fsp3) is 0.650. The van der Waals surface area contributed by atoms with Gasteiger partial charge in [0.1, 0.15) is 11.4 Å². The van der Waals surface area contributed by atoms with Crippen molar-refractivity contribution in [1.29, 1.82) is 0 Å². The number of aldehydes is 1. The molecule has 2 bridgehead atoms. The van der Waals surface area contributed by atoms with E-state index in [9.17, 15) is 9.90 Å². The molecule has 0 aliphatic heterocycles. The molecule has 0 saturated heterocycles. The number of carbonyl (C=O) groups excluding carboxylic acids is 1. The van der Waals surface area contributed by atoms with Gasteiger partial charge in [0.25, 0.3) is 0 Å². The average molecular weight is 312 g/mol. The van der Waals surface area contributed by atoms with E-state index in [4.69, 9.17) is 4.42 Å². The predicted octanol–water partition coefficient (Wildman–Crippen LogP) is 3.93. The molecule has 1 heterocycles. The van der Waals surface area contributed by atoms with E-state index >= 15 is 0 Å². The van der Waals surface area contributed by atoms with Gasteiger partial charge in [-0.3, -0.25) is 0 Å². The molecule has 4 aliphatic rings. The van der Waals surface area contributed by atoms with E-state index < -0.39 is 5.60 Å². The van der Waals surface area contributed by atoms with E-state index in [1.807, 2.05) is 6.26 Å². The van der Waals surface area contributed by atoms with Crippen LogP contribution >= 0.6 is 0 Å². The highest BCUT2D eigenvalue weighted by Gasteiger charge is 2.65. The van der Waals surface area contributed by atoms with Gasteiger partial charge in [-0.1, -0.05) is 13.0 Å². The Morgan fingerprint density at radius 3 is 3.04 bits per heavy atom. The normalized spacial score (nSPS) is 50.1. The Labute approximate surface area is 136 Å². The first-order valence-corrected chi connectivity index (χ1v) is 8.96. The lowest BCUT2D eigenvalue weighted by Gasteiger charge is -2.57. The fourth-order valence-corrected chi connectivity index (χ4v) is 6.93. The Bertz CT molecular complexity index is 703. The standard InChI is InChI=1S/C20H24O3/c1-18-7-5-16-14(6-9-23-16)15(18)4-8-19-10-13(2-3-17(18)19)20(22,11-19)12-21/h5-7,9,12-13,15,17,22H,2-4,8,10-11H2,1H3/t13-,15-,17+,18-,19+,20+/m1/s1. The number of hydrogen-bond donors (Lipinski definition) is 1. The molecule has 0 radical (unpaired) electrons. The second-order valence-electron chi connectivity index (χ2n) is 8.71. The minimum atomic E-state index is -1.07. The van der Waals surface area contributed by atoms with Crippen molar-refractivity contribution in [3.05, 3.63) is 29.7 Å². The molecular weight excluding hydrogens is 288 g/mol. The lowest BCUT2D eigenvalue weighted by Crippen LogP contribution is -2.49. The molecule has 3 nitrogen and oxygen atoms in total. The number of furan rings is 1. The summed E-state index contributed by atoms with van der Waals surface area (Å²) >= 11 is 0. The van der Waals surface area contributed by atoms with Crippen LogP contribution in [0.15, 0.2) is 22.8 Å². The molecule has 0 amide bonds. The van der Waals surface area contributed by atoms with Crippen LogP contribution in [0, 0.1) is 22.7 Å². The highest BCUT2D eigenvalue weighted by atomic mass is 16.3. The van der Waals surface area contributed by atoms with E-state index in [0.717, 1.165) is 44.2 Å². The quantitative estimate of drug-likeness (QED) is 0.799. The summed E-state index contributed by atoms with van der Waals surface area (Å²) in [5, 5.41) is 10.8. The van der Waals surface area contributed by atoms with Gasteiger partial charge >= 0.3 is 0 Å². The number of fused-ring (bicyclic) bond motifs is 5. The number of aliphatic hydroxyl groups is 1. The Morgan fingerprint density at radius 2 is 2.22 bits per heavy atom. The molecule has 1 spiro atoms. The topological polar surface area (TPSA) is 50.4 Å². The Morgan fingerprint density at radius 1 is 1.35 bits per heavy atom. The summed E-state index contributed by atoms with van der Waals surface area (Å²) in [4.78, 5) is 11.6. The molecule has 5 rings (SSSR count). The van der Waals surface area contributed by atoms with E-state index in [0.29, 0.717) is 18.3 Å². The maximum absolute atomic E-state index is 11.6. The summed E-state index contributed by atoms with van der Waals surface area (Å²) in [5.74, 6) is 2.26. The first kappa shape index (κ1) is 14.0. The van der Waals surface area contributed by atoms with Gasteiger partial charge in [0, 0.05) is 5.56 Å². The van der Waals surface area contributed by atoms with E-state index in [-0.39, 0.29) is 16.7 Å². The first-order chi connectivity index (χ1) is 11.0. The predicted molar refractivity (Wildman–Crippen MR) is 86.7 cm³/mol. The first-order valence-electron chi connectivity index (χ1n) is 8.96. The second-order valence-corrected chi connectivity index (χ2v) is 8.71. The third kappa shape index (κ3) is 1.57. The molecule has 1 N–H and O–H groups in total. The Kier molecular flexibility index (Phi) is 2.55. The van der Waals surface area contributed by atoms with Crippen molar-refractivity contribution < 1.29 is 14.3 Å². The van der Waals surface area contributed by atoms with Gasteiger partial charge in [0.15, 0.2) is 6.29 Å². The van der Waals surface area contributed by atoms with Crippen LogP contribution in [0.4, 0.5) is 0 Å². The second kappa shape index (κ2) is 4.18. The van der Waals surface area contributed by atoms with Gasteiger partial charge in [-0.2, -0.15) is 0 Å². The smallest absolute Gasteiger partial charge is 0.151 e. The Balaban J connectivity index is 1.60. The van der Waals surface area contributed by atoms with E-state index in [2.05, 4.69) is 25.1 Å². The van der Waals surface area contributed by atoms with Gasteiger partial charge in [0.2, 0.25) is 0 Å². The van der Waals surface area contributed by atoms with Crippen molar-refractivity contribution in [1.82, 2.24) is 0 Å². The molecule has 0 unspecified atom stereocenters. The van der Waals surface area contributed by atoms with Crippen molar-refractivity contribution in [3.63, 3.8) is 0 Å². The van der Waals surface area contributed by atoms with Crippen LogP contribution in [-0.2, 0) is 4.79 Å². The summed E-state index contributed by atoms with van der Waals surface area (Å²) < 4.78 is 5.62. The van der Waals surface area contributed by atoms with Crippen LogP contribution in [0.25, 0.3) is 6.08 Å². The van der Waals surface area contributed by atoms with E-state index in [1.165, 1.54) is 5.56 Å². The number of rotatable bonds is 1. The zero-order valence-corrected chi connectivity index (χ0v) is 13.6. The summed E-state index contributed by atoms with van der Waals surface area (Å²) in [5.41, 5.74) is 0.552. The van der Waals surface area contributed by atoms with Crippen LogP contribution in [0.1, 0.15) is 62.7 Å². The van der Waals surface area contributed by atoms with Crippen LogP contribution in [-0.4, -0.2) is 17.0 Å². The minimum absolute atomic E-state index is 0.119. The van der Waals surface area contributed by atoms with E-state index in [1.54, 1.807) is 0 Å². The highest BCUT2D eigenvalue weighted by Crippen LogP contribution is 2.71. The summed E-state index contributed by atoms with van der Waals surface area (Å²) in [6, 6.07) is 2.14. The van der Waals surface area contributed by atoms with Crippen LogP contribution < -0.4 is 0 Å². The molecule has 3 fully saturated rings. The molecule has 6 atom stereocenters. The fourth-order valence-electron chi connectivity index (χ4n) is 6.93. The summed E-state index contributed by atoms with van der Waals surface area (Å²) in [7, 11) is 0. The third-order valence-electron chi connectivity index (χ3n) is 7.87. The third-order valence-corrected chi connectivity index (χ3v) is 7.87. The molecule has 4 aliphatic carbocycles. The van der Waals surface area contributed by atoms with Crippen molar-refractivity contribution in [2.24, 2.45) is 22.7 Å². The van der Waals surface area contributed by atoms with Gasteiger partial charge in [-0.05, 0) is 79.3 Å². The molecule has 1 aromatic heterocycles. The maximum atomic E-state index is 11.6. The van der Waals surface area contributed by atoms with Crippen molar-refractivity contribution in [3.8, 4) is 0 Å². The van der Waals surface area contributed by atoms with Crippen LogP contribution in [0.5, 0.6) is 0 Å². The number of hydrogen-bond acceptors (Lipinski definition) is 3. The molecule has 1 aromatic rings. The molecule has 3 heteroatoms. The van der Waals surface area contributed by atoms with Gasteiger partial charge in [0.05, 0.1) is 6.26 Å². The highest BCUT2D eigenvalue weighted by molar-refractivity contribution is 5.64.